The van der Waals surface area contributed by atoms with E-state index in [0.717, 1.165) is 6.42 Å². The maximum absolute atomic E-state index is 10.9. The van der Waals surface area contributed by atoms with Crippen LogP contribution in [0.2, 0.25) is 0 Å². The predicted octanol–water partition coefficient (Wildman–Crippen LogP) is 0.0378. The largest absolute Gasteiger partial charge is 0.463 e. The summed E-state index contributed by atoms with van der Waals surface area (Å²) in [4.78, 5) is 10.9. The van der Waals surface area contributed by atoms with Crippen LogP contribution in [0.25, 0.3) is 0 Å². The van der Waals surface area contributed by atoms with Gasteiger partial charge in [0.15, 0.2) is 0 Å². The van der Waals surface area contributed by atoms with Crippen LogP contribution >= 0.6 is 0 Å². The highest BCUT2D eigenvalue weighted by molar-refractivity contribution is 5.70. The Balaban J connectivity index is 3.59. The van der Waals surface area contributed by atoms with Gasteiger partial charge in [-0.1, -0.05) is 6.92 Å². The van der Waals surface area contributed by atoms with Crippen molar-refractivity contribution in [2.24, 2.45) is 5.73 Å². The Morgan fingerprint density at radius 2 is 2.25 bits per heavy atom. The van der Waals surface area contributed by atoms with Gasteiger partial charge in [-0.25, -0.2) is 0 Å². The molecule has 12 heavy (non-hydrogen) atoms. The molecule has 3 N–H and O–H groups in total. The number of hydrogen-bond acceptors (Lipinski definition) is 4. The zero-order valence-corrected chi connectivity index (χ0v) is 7.62. The molecule has 4 nitrogen and oxygen atoms in total. The van der Waals surface area contributed by atoms with Gasteiger partial charge in [0.1, 0.15) is 0 Å². The molecule has 0 aromatic heterocycles. The first-order valence-electron chi connectivity index (χ1n) is 4.17. The van der Waals surface area contributed by atoms with Crippen LogP contribution in [0.1, 0.15) is 26.7 Å². The summed E-state index contributed by atoms with van der Waals surface area (Å²) in [6.07, 6.45) is -0.0882. The average Bonchev–Trinajstić information content (AvgIpc) is 2.03. The standard InChI is InChI=1S/C8H17NO3/c1-3-6(2)12-8(11)4-7(10)5-9/h6-7,10H,3-5,9H2,1-2H3. The Kier molecular flexibility index (Phi) is 5.66. The highest BCUT2D eigenvalue weighted by Crippen LogP contribution is 2.00. The molecule has 2 unspecified atom stereocenters. The van der Waals surface area contributed by atoms with E-state index in [4.69, 9.17) is 15.6 Å². The third-order valence-corrected chi connectivity index (χ3v) is 1.58. The summed E-state index contributed by atoms with van der Waals surface area (Å²) in [6, 6.07) is 0. The van der Waals surface area contributed by atoms with E-state index in [1.165, 1.54) is 0 Å². The van der Waals surface area contributed by atoms with Gasteiger partial charge < -0.3 is 15.6 Å². The summed E-state index contributed by atoms with van der Waals surface area (Å²) < 4.78 is 4.92. The van der Waals surface area contributed by atoms with Crippen LogP contribution in [0.3, 0.4) is 0 Å². The Hall–Kier alpha value is -0.610. The number of nitrogens with two attached hydrogens (primary N) is 1. The number of ether oxygens (including phenoxy) is 1. The van der Waals surface area contributed by atoms with Crippen LogP contribution in [-0.4, -0.2) is 29.8 Å². The van der Waals surface area contributed by atoms with E-state index in [1.807, 2.05) is 13.8 Å². The molecule has 2 atom stereocenters. The minimum absolute atomic E-state index is 0.0131. The molecule has 0 amide bonds. The van der Waals surface area contributed by atoms with E-state index in [0.29, 0.717) is 0 Å². The SMILES string of the molecule is CCC(C)OC(=O)CC(O)CN. The van der Waals surface area contributed by atoms with E-state index in [-0.39, 0.29) is 25.0 Å². The lowest BCUT2D eigenvalue weighted by Crippen LogP contribution is -2.25. The molecule has 0 aromatic carbocycles. The van der Waals surface area contributed by atoms with Gasteiger partial charge in [0, 0.05) is 6.54 Å². The maximum Gasteiger partial charge on any atom is 0.308 e. The molecule has 0 fully saturated rings. The molecule has 0 bridgehead atoms. The molecule has 0 aromatic rings. The van der Waals surface area contributed by atoms with E-state index in [2.05, 4.69) is 0 Å². The van der Waals surface area contributed by atoms with Gasteiger partial charge in [-0.3, -0.25) is 4.79 Å². The molecule has 0 aliphatic carbocycles. The molecule has 4 heteroatoms. The Labute approximate surface area is 72.7 Å². The summed E-state index contributed by atoms with van der Waals surface area (Å²) in [5, 5.41) is 8.99. The first-order valence-corrected chi connectivity index (χ1v) is 4.17. The summed E-state index contributed by atoms with van der Waals surface area (Å²) in [7, 11) is 0. The normalized spacial score (nSPS) is 15.3. The first kappa shape index (κ1) is 11.4. The van der Waals surface area contributed by atoms with Crippen molar-refractivity contribution in [2.45, 2.75) is 38.9 Å². The summed E-state index contributed by atoms with van der Waals surface area (Å²) >= 11 is 0. The van der Waals surface area contributed by atoms with Gasteiger partial charge in [-0.15, -0.1) is 0 Å². The van der Waals surface area contributed by atoms with Crippen molar-refractivity contribution >= 4 is 5.97 Å². The Morgan fingerprint density at radius 3 is 2.67 bits per heavy atom. The van der Waals surface area contributed by atoms with E-state index in [1.54, 1.807) is 0 Å². The second kappa shape index (κ2) is 5.97. The zero-order valence-electron chi connectivity index (χ0n) is 7.62. The molecule has 0 aliphatic heterocycles. The lowest BCUT2D eigenvalue weighted by atomic mass is 10.2. The molecule has 0 aliphatic rings. The molecule has 0 spiro atoms. The van der Waals surface area contributed by atoms with Crippen LogP contribution in [0.15, 0.2) is 0 Å². The molecule has 0 rings (SSSR count). The van der Waals surface area contributed by atoms with Crippen LogP contribution in [-0.2, 0) is 9.53 Å². The fraction of sp³-hybridized carbons (Fsp3) is 0.875. The summed E-state index contributed by atoms with van der Waals surface area (Å²) in [5.74, 6) is -0.387. The number of hydrogen-bond donors (Lipinski definition) is 2. The van der Waals surface area contributed by atoms with Gasteiger partial charge in [-0.05, 0) is 13.3 Å². The number of aliphatic hydroxyl groups is 1. The second-order valence-corrected chi connectivity index (χ2v) is 2.80. The fourth-order valence-electron chi connectivity index (χ4n) is 0.632. The van der Waals surface area contributed by atoms with Crippen molar-refractivity contribution in [3.8, 4) is 0 Å². The fourth-order valence-corrected chi connectivity index (χ4v) is 0.632. The lowest BCUT2D eigenvalue weighted by molar-refractivity contribution is -0.150. The van der Waals surface area contributed by atoms with Crippen molar-refractivity contribution in [1.82, 2.24) is 0 Å². The lowest BCUT2D eigenvalue weighted by Gasteiger charge is -2.12. The van der Waals surface area contributed by atoms with Crippen LogP contribution in [0.5, 0.6) is 0 Å². The van der Waals surface area contributed by atoms with Crippen molar-refractivity contribution in [3.05, 3.63) is 0 Å². The quantitative estimate of drug-likeness (QED) is 0.578. The summed E-state index contributed by atoms with van der Waals surface area (Å²) in [5.41, 5.74) is 5.13. The van der Waals surface area contributed by atoms with Crippen molar-refractivity contribution in [1.29, 1.82) is 0 Å². The first-order chi connectivity index (χ1) is 5.60. The van der Waals surface area contributed by atoms with Crippen LogP contribution in [0.4, 0.5) is 0 Å². The van der Waals surface area contributed by atoms with E-state index < -0.39 is 6.10 Å². The van der Waals surface area contributed by atoms with Gasteiger partial charge in [-0.2, -0.15) is 0 Å². The van der Waals surface area contributed by atoms with Gasteiger partial charge >= 0.3 is 5.97 Å². The zero-order chi connectivity index (χ0) is 9.56. The van der Waals surface area contributed by atoms with Gasteiger partial charge in [0.05, 0.1) is 18.6 Å². The Bertz CT molecular complexity index is 124. The molecular formula is C8H17NO3. The van der Waals surface area contributed by atoms with Crippen molar-refractivity contribution in [3.63, 3.8) is 0 Å². The average molecular weight is 175 g/mol. The molecule has 0 saturated carbocycles. The maximum atomic E-state index is 10.9. The molecule has 0 heterocycles. The highest BCUT2D eigenvalue weighted by Gasteiger charge is 2.12. The molecular weight excluding hydrogens is 158 g/mol. The smallest absolute Gasteiger partial charge is 0.308 e. The van der Waals surface area contributed by atoms with E-state index >= 15 is 0 Å². The minimum Gasteiger partial charge on any atom is -0.463 e. The molecule has 0 radical (unpaired) electrons. The molecule has 0 saturated heterocycles. The number of esters is 1. The number of rotatable bonds is 5. The van der Waals surface area contributed by atoms with Crippen molar-refractivity contribution in [2.75, 3.05) is 6.54 Å². The highest BCUT2D eigenvalue weighted by atomic mass is 16.5. The Morgan fingerprint density at radius 1 is 1.67 bits per heavy atom. The van der Waals surface area contributed by atoms with Gasteiger partial charge in [0.25, 0.3) is 0 Å². The molecule has 72 valence electrons. The third kappa shape index (κ3) is 5.09. The number of aliphatic hydroxyl groups excluding tert-OH is 1. The van der Waals surface area contributed by atoms with Crippen LogP contribution < -0.4 is 5.73 Å². The van der Waals surface area contributed by atoms with Gasteiger partial charge in [0.2, 0.25) is 0 Å². The summed E-state index contributed by atoms with van der Waals surface area (Å²) in [6.45, 7) is 3.83. The topological polar surface area (TPSA) is 72.5 Å². The number of carbonyl (C=O) groups excluding carboxylic acids is 1. The van der Waals surface area contributed by atoms with Crippen molar-refractivity contribution < 1.29 is 14.6 Å². The van der Waals surface area contributed by atoms with Crippen LogP contribution in [0, 0.1) is 0 Å². The second-order valence-electron chi connectivity index (χ2n) is 2.80. The predicted molar refractivity (Wildman–Crippen MR) is 45.5 cm³/mol. The minimum atomic E-state index is -0.776. The third-order valence-electron chi connectivity index (χ3n) is 1.58. The van der Waals surface area contributed by atoms with E-state index in [9.17, 15) is 4.79 Å². The monoisotopic (exact) mass is 175 g/mol. The number of carbonyl (C=O) groups is 1.